The Morgan fingerprint density at radius 2 is 1.57 bits per heavy atom. The molecule has 0 aliphatic carbocycles. The summed E-state index contributed by atoms with van der Waals surface area (Å²) in [5, 5.41) is 6.97. The molecule has 0 amide bonds. The summed E-state index contributed by atoms with van der Waals surface area (Å²) in [7, 11) is 0. The maximum Gasteiger partial charge on any atom is 0.416 e. The van der Waals surface area contributed by atoms with Gasteiger partial charge in [-0.25, -0.2) is 0 Å². The first-order chi connectivity index (χ1) is 14.0. The molecule has 0 fully saturated rings. The van der Waals surface area contributed by atoms with Crippen molar-refractivity contribution in [2.45, 2.75) is 52.3 Å². The molecule has 2 aromatic carbocycles. The molecule has 160 valence electrons. The number of nitrogens with one attached hydrogen (secondary N) is 1. The van der Waals surface area contributed by atoms with E-state index in [1.54, 1.807) is 22.4 Å². The van der Waals surface area contributed by atoms with Gasteiger partial charge in [0.05, 0.1) is 17.0 Å². The number of rotatable bonds is 5. The maximum absolute atomic E-state index is 13.1. The number of aromatic amines is 1. The third-order valence-corrected chi connectivity index (χ3v) is 7.04. The molecule has 0 radical (unpaired) electrons. The van der Waals surface area contributed by atoms with Gasteiger partial charge >= 0.3 is 6.18 Å². The largest absolute Gasteiger partial charge is 0.416 e. The van der Waals surface area contributed by atoms with Crippen molar-refractivity contribution in [1.82, 2.24) is 14.8 Å². The average molecular weight is 452 g/mol. The van der Waals surface area contributed by atoms with Crippen LogP contribution >= 0.6 is 24.0 Å². The van der Waals surface area contributed by atoms with Gasteiger partial charge in [-0.05, 0) is 98.4 Å². The molecule has 8 heteroatoms. The second-order valence-corrected chi connectivity index (χ2v) is 8.80. The lowest BCUT2D eigenvalue weighted by atomic mass is 9.90. The van der Waals surface area contributed by atoms with Crippen LogP contribution in [0.5, 0.6) is 0 Å². The van der Waals surface area contributed by atoms with E-state index < -0.39 is 11.7 Å². The molecule has 0 spiro atoms. The van der Waals surface area contributed by atoms with Gasteiger partial charge in [0.1, 0.15) is 5.82 Å². The highest BCUT2D eigenvalue weighted by molar-refractivity contribution is 7.97. The number of thioether (sulfide) groups is 1. The monoisotopic (exact) mass is 451 g/mol. The second-order valence-electron chi connectivity index (χ2n) is 7.42. The molecule has 0 unspecified atom stereocenters. The van der Waals surface area contributed by atoms with Crippen LogP contribution < -0.4 is 0 Å². The Labute approximate surface area is 183 Å². The Morgan fingerprint density at radius 3 is 2.17 bits per heavy atom. The van der Waals surface area contributed by atoms with Crippen molar-refractivity contribution >= 4 is 24.0 Å². The van der Waals surface area contributed by atoms with Crippen molar-refractivity contribution in [3.05, 3.63) is 73.8 Å². The van der Waals surface area contributed by atoms with E-state index >= 15 is 0 Å². The smallest absolute Gasteiger partial charge is 0.271 e. The fraction of sp³-hybridized carbons (Fsp3) is 0.364. The molecule has 3 rings (SSSR count). The predicted octanol–water partition coefficient (Wildman–Crippen LogP) is 6.92. The first-order valence-electron chi connectivity index (χ1n) is 9.49. The minimum atomic E-state index is -4.41. The number of alkyl halides is 3. The van der Waals surface area contributed by atoms with Crippen LogP contribution in [0.25, 0.3) is 5.69 Å². The van der Waals surface area contributed by atoms with Crippen LogP contribution in [-0.2, 0) is 17.7 Å². The zero-order chi connectivity index (χ0) is 22.2. The van der Waals surface area contributed by atoms with Gasteiger partial charge in [0.2, 0.25) is 0 Å². The number of H-pyrrole nitrogens is 1. The highest BCUT2D eigenvalue weighted by Crippen LogP contribution is 2.32. The van der Waals surface area contributed by atoms with Gasteiger partial charge in [0, 0.05) is 5.75 Å². The Hall–Kier alpha value is -2.06. The van der Waals surface area contributed by atoms with Gasteiger partial charge in [-0.15, -0.1) is 11.8 Å². The van der Waals surface area contributed by atoms with Crippen molar-refractivity contribution < 1.29 is 13.2 Å². The highest BCUT2D eigenvalue weighted by atomic mass is 32.2. The summed E-state index contributed by atoms with van der Waals surface area (Å²) in [6.45, 7) is 10.7. The zero-order valence-corrected chi connectivity index (χ0v) is 19.2. The van der Waals surface area contributed by atoms with Gasteiger partial charge in [-0.1, -0.05) is 6.07 Å². The van der Waals surface area contributed by atoms with E-state index in [9.17, 15) is 13.2 Å². The molecule has 1 N–H and O–H groups in total. The third kappa shape index (κ3) is 4.34. The molecule has 0 saturated carbocycles. The summed E-state index contributed by atoms with van der Waals surface area (Å²) in [5.41, 5.74) is 7.47. The van der Waals surface area contributed by atoms with Crippen LogP contribution in [0.4, 0.5) is 13.2 Å². The first kappa shape index (κ1) is 22.6. The SMILES string of the molecule is Cc1c(C)c(C)c(CSCc2n[nH]c(=S)n2-c2cccc(C(F)(F)F)c2)c(C)c1C. The number of aromatic nitrogens is 3. The minimum absolute atomic E-state index is 0.277. The normalized spacial score (nSPS) is 11.9. The fourth-order valence-electron chi connectivity index (χ4n) is 3.55. The minimum Gasteiger partial charge on any atom is -0.271 e. The highest BCUT2D eigenvalue weighted by Gasteiger charge is 2.30. The Balaban J connectivity index is 1.86. The fourth-order valence-corrected chi connectivity index (χ4v) is 4.92. The summed E-state index contributed by atoms with van der Waals surface area (Å²) in [6, 6.07) is 5.14. The summed E-state index contributed by atoms with van der Waals surface area (Å²) < 4.78 is 41.2. The molecule has 0 aliphatic rings. The summed E-state index contributed by atoms with van der Waals surface area (Å²) in [6.07, 6.45) is -4.41. The van der Waals surface area contributed by atoms with Crippen LogP contribution in [0.2, 0.25) is 0 Å². The lowest BCUT2D eigenvalue weighted by molar-refractivity contribution is -0.137. The van der Waals surface area contributed by atoms with E-state index in [-0.39, 0.29) is 4.77 Å². The number of hydrogen-bond acceptors (Lipinski definition) is 3. The second kappa shape index (κ2) is 8.59. The Kier molecular flexibility index (Phi) is 6.48. The van der Waals surface area contributed by atoms with E-state index in [1.165, 1.54) is 39.4 Å². The van der Waals surface area contributed by atoms with E-state index in [1.807, 2.05) is 0 Å². The summed E-state index contributed by atoms with van der Waals surface area (Å²) in [5.74, 6) is 1.91. The topological polar surface area (TPSA) is 33.6 Å². The van der Waals surface area contributed by atoms with Crippen molar-refractivity contribution in [1.29, 1.82) is 0 Å². The molecule has 0 bridgehead atoms. The van der Waals surface area contributed by atoms with Crippen molar-refractivity contribution in [3.63, 3.8) is 0 Å². The van der Waals surface area contributed by atoms with Gasteiger partial charge < -0.3 is 0 Å². The molecular formula is C22H24F3N3S2. The number of hydrogen-bond donors (Lipinski definition) is 1. The Morgan fingerprint density at radius 1 is 0.967 bits per heavy atom. The summed E-state index contributed by atoms with van der Waals surface area (Å²) in [4.78, 5) is 0. The number of halogens is 3. The van der Waals surface area contributed by atoms with Crippen LogP contribution in [0, 0.1) is 39.4 Å². The predicted molar refractivity (Wildman–Crippen MR) is 119 cm³/mol. The molecule has 0 aliphatic heterocycles. The number of nitrogens with zero attached hydrogens (tertiary/aromatic N) is 2. The molecule has 1 heterocycles. The standard InChI is InChI=1S/C22H24F3N3S2/c1-12-13(2)15(4)19(16(5)14(12)3)10-30-11-20-26-27-21(29)28(20)18-8-6-7-17(9-18)22(23,24)25/h6-9H,10-11H2,1-5H3,(H,27,29). The zero-order valence-electron chi connectivity index (χ0n) is 17.6. The van der Waals surface area contributed by atoms with Gasteiger partial charge in [-0.3, -0.25) is 9.67 Å². The molecule has 0 saturated heterocycles. The quantitative estimate of drug-likeness (QED) is 0.427. The van der Waals surface area contributed by atoms with Gasteiger partial charge in [0.15, 0.2) is 4.77 Å². The summed E-state index contributed by atoms with van der Waals surface area (Å²) >= 11 is 6.95. The molecule has 30 heavy (non-hydrogen) atoms. The van der Waals surface area contributed by atoms with Crippen molar-refractivity contribution in [2.75, 3.05) is 0 Å². The lowest BCUT2D eigenvalue weighted by Gasteiger charge is -2.18. The van der Waals surface area contributed by atoms with Crippen LogP contribution in [0.15, 0.2) is 24.3 Å². The van der Waals surface area contributed by atoms with E-state index in [0.717, 1.165) is 17.9 Å². The van der Waals surface area contributed by atoms with Crippen LogP contribution in [0.3, 0.4) is 0 Å². The van der Waals surface area contributed by atoms with Gasteiger partial charge in [0.25, 0.3) is 0 Å². The van der Waals surface area contributed by atoms with Crippen molar-refractivity contribution in [3.8, 4) is 5.69 Å². The van der Waals surface area contributed by atoms with E-state index in [0.29, 0.717) is 17.3 Å². The number of benzene rings is 2. The van der Waals surface area contributed by atoms with E-state index in [2.05, 4.69) is 44.8 Å². The van der Waals surface area contributed by atoms with Crippen molar-refractivity contribution in [2.24, 2.45) is 0 Å². The molecular weight excluding hydrogens is 427 g/mol. The molecule has 3 aromatic rings. The van der Waals surface area contributed by atoms with Crippen LogP contribution in [-0.4, -0.2) is 14.8 Å². The molecule has 1 aromatic heterocycles. The van der Waals surface area contributed by atoms with E-state index in [4.69, 9.17) is 12.2 Å². The average Bonchev–Trinajstić information content (AvgIpc) is 3.07. The maximum atomic E-state index is 13.1. The first-order valence-corrected chi connectivity index (χ1v) is 11.1. The van der Waals surface area contributed by atoms with Crippen LogP contribution in [0.1, 0.15) is 44.8 Å². The molecule has 3 nitrogen and oxygen atoms in total. The Bertz CT molecular complexity index is 1110. The molecule has 0 atom stereocenters. The lowest BCUT2D eigenvalue weighted by Crippen LogP contribution is -2.07. The third-order valence-electron chi connectivity index (χ3n) is 5.81. The van der Waals surface area contributed by atoms with Gasteiger partial charge in [-0.2, -0.15) is 18.3 Å².